The van der Waals surface area contributed by atoms with Crippen molar-refractivity contribution in [3.05, 3.63) is 17.7 Å². The largest absolute Gasteiger partial charge is 0.477 e. The van der Waals surface area contributed by atoms with Crippen LogP contribution in [0.15, 0.2) is 6.33 Å². The fourth-order valence-corrected chi connectivity index (χ4v) is 1.89. The third-order valence-electron chi connectivity index (χ3n) is 3.19. The standard InChI is InChI=1S/C11H15N3O3/c1-6-3-7(6)4-14(2)10(15)8-9(11(16)17)13-5-12-8/h5-7H,3-4H2,1-2H3,(H,12,13)(H,16,17). The van der Waals surface area contributed by atoms with Gasteiger partial charge in [0, 0.05) is 13.6 Å². The Balaban J connectivity index is 2.07. The predicted molar refractivity (Wildman–Crippen MR) is 59.8 cm³/mol. The van der Waals surface area contributed by atoms with E-state index < -0.39 is 5.97 Å². The van der Waals surface area contributed by atoms with Crippen molar-refractivity contribution in [1.82, 2.24) is 14.9 Å². The molecule has 2 atom stereocenters. The molecule has 0 aliphatic heterocycles. The molecule has 92 valence electrons. The minimum atomic E-state index is -1.17. The van der Waals surface area contributed by atoms with Gasteiger partial charge < -0.3 is 15.0 Å². The van der Waals surface area contributed by atoms with E-state index in [4.69, 9.17) is 5.11 Å². The van der Waals surface area contributed by atoms with Crippen LogP contribution in [0, 0.1) is 11.8 Å². The maximum Gasteiger partial charge on any atom is 0.354 e. The van der Waals surface area contributed by atoms with Gasteiger partial charge in [0.1, 0.15) is 0 Å². The highest BCUT2D eigenvalue weighted by molar-refractivity contribution is 6.02. The second-order valence-electron chi connectivity index (χ2n) is 4.59. The van der Waals surface area contributed by atoms with Crippen LogP contribution in [-0.2, 0) is 0 Å². The van der Waals surface area contributed by atoms with E-state index in [9.17, 15) is 9.59 Å². The predicted octanol–water partition coefficient (Wildman–Crippen LogP) is 0.836. The molecule has 1 aromatic heterocycles. The number of nitrogens with one attached hydrogen (secondary N) is 1. The minimum Gasteiger partial charge on any atom is -0.477 e. The summed E-state index contributed by atoms with van der Waals surface area (Å²) >= 11 is 0. The third-order valence-corrected chi connectivity index (χ3v) is 3.19. The number of imidazole rings is 1. The Hall–Kier alpha value is -1.85. The van der Waals surface area contributed by atoms with E-state index in [-0.39, 0.29) is 17.3 Å². The van der Waals surface area contributed by atoms with Gasteiger partial charge in [0.05, 0.1) is 6.33 Å². The lowest BCUT2D eigenvalue weighted by Gasteiger charge is -2.15. The molecule has 1 amide bonds. The average molecular weight is 237 g/mol. The molecule has 1 saturated carbocycles. The lowest BCUT2D eigenvalue weighted by molar-refractivity contribution is 0.0674. The van der Waals surface area contributed by atoms with Gasteiger partial charge in [0.2, 0.25) is 0 Å². The zero-order valence-corrected chi connectivity index (χ0v) is 9.80. The first-order chi connectivity index (χ1) is 8.00. The summed E-state index contributed by atoms with van der Waals surface area (Å²) < 4.78 is 0. The molecule has 1 aliphatic rings. The molecule has 1 heterocycles. The lowest BCUT2D eigenvalue weighted by Crippen LogP contribution is -2.30. The Bertz CT molecular complexity index is 455. The number of aromatic nitrogens is 2. The molecule has 17 heavy (non-hydrogen) atoms. The molecule has 1 aromatic rings. The van der Waals surface area contributed by atoms with Crippen LogP contribution in [0.1, 0.15) is 34.3 Å². The molecular weight excluding hydrogens is 222 g/mol. The van der Waals surface area contributed by atoms with Gasteiger partial charge in [-0.15, -0.1) is 0 Å². The molecule has 0 aromatic carbocycles. The number of hydrogen-bond acceptors (Lipinski definition) is 3. The molecular formula is C11H15N3O3. The first-order valence-electron chi connectivity index (χ1n) is 5.52. The zero-order chi connectivity index (χ0) is 12.6. The molecule has 2 N–H and O–H groups in total. The van der Waals surface area contributed by atoms with Crippen molar-refractivity contribution >= 4 is 11.9 Å². The Labute approximate surface area is 98.7 Å². The highest BCUT2D eigenvalue weighted by Gasteiger charge is 2.35. The van der Waals surface area contributed by atoms with Crippen LogP contribution >= 0.6 is 0 Å². The summed E-state index contributed by atoms with van der Waals surface area (Å²) in [6, 6.07) is 0. The molecule has 6 heteroatoms. The van der Waals surface area contributed by atoms with Crippen molar-refractivity contribution in [3.63, 3.8) is 0 Å². The monoisotopic (exact) mass is 237 g/mol. The summed E-state index contributed by atoms with van der Waals surface area (Å²) in [7, 11) is 1.67. The Morgan fingerprint density at radius 3 is 2.82 bits per heavy atom. The number of rotatable bonds is 4. The maximum absolute atomic E-state index is 12.0. The van der Waals surface area contributed by atoms with Gasteiger partial charge in [0.25, 0.3) is 5.91 Å². The van der Waals surface area contributed by atoms with Gasteiger partial charge in [-0.25, -0.2) is 9.78 Å². The number of nitrogens with zero attached hydrogens (tertiary/aromatic N) is 2. The van der Waals surface area contributed by atoms with Crippen molar-refractivity contribution in [2.75, 3.05) is 13.6 Å². The summed E-state index contributed by atoms with van der Waals surface area (Å²) in [6.07, 6.45) is 2.36. The number of carbonyl (C=O) groups is 2. The van der Waals surface area contributed by atoms with Crippen LogP contribution in [0.25, 0.3) is 0 Å². The van der Waals surface area contributed by atoms with Gasteiger partial charge in [-0.05, 0) is 18.3 Å². The van der Waals surface area contributed by atoms with Crippen molar-refractivity contribution in [2.24, 2.45) is 11.8 Å². The second kappa shape index (κ2) is 4.20. The minimum absolute atomic E-state index is 0.0201. The number of H-pyrrole nitrogens is 1. The average Bonchev–Trinajstić information content (AvgIpc) is 2.82. The van der Waals surface area contributed by atoms with Crippen molar-refractivity contribution in [3.8, 4) is 0 Å². The van der Waals surface area contributed by atoms with E-state index in [0.29, 0.717) is 18.4 Å². The number of carboxylic acid groups (broad SMARTS) is 1. The normalized spacial score (nSPS) is 22.2. The third kappa shape index (κ3) is 2.30. The zero-order valence-electron chi connectivity index (χ0n) is 9.80. The fraction of sp³-hybridized carbons (Fsp3) is 0.545. The van der Waals surface area contributed by atoms with E-state index in [1.807, 2.05) is 0 Å². The number of carboxylic acids is 1. The van der Waals surface area contributed by atoms with E-state index in [0.717, 1.165) is 6.42 Å². The number of aromatic carboxylic acids is 1. The van der Waals surface area contributed by atoms with Crippen LogP contribution < -0.4 is 0 Å². The smallest absolute Gasteiger partial charge is 0.354 e. The quantitative estimate of drug-likeness (QED) is 0.812. The van der Waals surface area contributed by atoms with Crippen LogP contribution in [0.3, 0.4) is 0 Å². The Morgan fingerprint density at radius 2 is 2.29 bits per heavy atom. The van der Waals surface area contributed by atoms with Crippen LogP contribution in [0.4, 0.5) is 0 Å². The van der Waals surface area contributed by atoms with Gasteiger partial charge in [-0.1, -0.05) is 6.92 Å². The summed E-state index contributed by atoms with van der Waals surface area (Å²) in [5.41, 5.74) is -0.168. The molecule has 6 nitrogen and oxygen atoms in total. The first-order valence-corrected chi connectivity index (χ1v) is 5.52. The molecule has 0 radical (unpaired) electrons. The van der Waals surface area contributed by atoms with E-state index in [2.05, 4.69) is 16.9 Å². The number of hydrogen-bond donors (Lipinski definition) is 2. The van der Waals surface area contributed by atoms with Crippen LogP contribution in [-0.4, -0.2) is 45.4 Å². The molecule has 2 rings (SSSR count). The van der Waals surface area contributed by atoms with Crippen LogP contribution in [0.2, 0.25) is 0 Å². The number of aromatic amines is 1. The maximum atomic E-state index is 12.0. The van der Waals surface area contributed by atoms with Gasteiger partial charge in [0.15, 0.2) is 11.4 Å². The van der Waals surface area contributed by atoms with Gasteiger partial charge in [-0.2, -0.15) is 0 Å². The Morgan fingerprint density at radius 1 is 1.65 bits per heavy atom. The van der Waals surface area contributed by atoms with E-state index >= 15 is 0 Å². The molecule has 1 fully saturated rings. The summed E-state index contributed by atoms with van der Waals surface area (Å²) in [6.45, 7) is 2.80. The Kier molecular flexibility index (Phi) is 2.87. The van der Waals surface area contributed by atoms with Crippen molar-refractivity contribution in [1.29, 1.82) is 0 Å². The highest BCUT2D eigenvalue weighted by Crippen LogP contribution is 2.38. The highest BCUT2D eigenvalue weighted by atomic mass is 16.4. The van der Waals surface area contributed by atoms with E-state index in [1.165, 1.54) is 11.2 Å². The fourth-order valence-electron chi connectivity index (χ4n) is 1.89. The lowest BCUT2D eigenvalue weighted by atomic mass is 10.2. The molecule has 2 unspecified atom stereocenters. The second-order valence-corrected chi connectivity index (χ2v) is 4.59. The summed E-state index contributed by atoms with van der Waals surface area (Å²) in [5, 5.41) is 8.88. The summed E-state index contributed by atoms with van der Waals surface area (Å²) in [5.74, 6) is -0.318. The van der Waals surface area contributed by atoms with Crippen molar-refractivity contribution in [2.45, 2.75) is 13.3 Å². The van der Waals surface area contributed by atoms with Gasteiger partial charge in [-0.3, -0.25) is 4.79 Å². The van der Waals surface area contributed by atoms with Gasteiger partial charge >= 0.3 is 5.97 Å². The SMILES string of the molecule is CC1CC1CN(C)C(=O)c1nc[nH]c1C(=O)O. The molecule has 0 spiro atoms. The van der Waals surface area contributed by atoms with E-state index in [1.54, 1.807) is 7.05 Å². The van der Waals surface area contributed by atoms with Crippen LogP contribution in [0.5, 0.6) is 0 Å². The summed E-state index contributed by atoms with van der Waals surface area (Å²) in [4.78, 5) is 30.6. The number of carbonyl (C=O) groups excluding carboxylic acids is 1. The molecule has 0 bridgehead atoms. The molecule has 0 saturated heterocycles. The molecule has 1 aliphatic carbocycles. The topological polar surface area (TPSA) is 86.3 Å². The van der Waals surface area contributed by atoms with Crippen molar-refractivity contribution < 1.29 is 14.7 Å². The first kappa shape index (κ1) is 11.6. The number of amides is 1.